The van der Waals surface area contributed by atoms with E-state index in [9.17, 15) is 0 Å². The van der Waals surface area contributed by atoms with Crippen LogP contribution in [0, 0.1) is 11.3 Å². The van der Waals surface area contributed by atoms with Crippen molar-refractivity contribution < 1.29 is 0 Å². The zero-order valence-corrected chi connectivity index (χ0v) is 8.87. The SMILES string of the molecule is N#C[C@@H](Cl)Cc1ccc(Cl)cc1Cl. The third kappa shape index (κ3) is 3.08. The van der Waals surface area contributed by atoms with Crippen LogP contribution >= 0.6 is 34.8 Å². The second kappa shape index (κ2) is 4.72. The molecule has 0 bridgehead atoms. The average molecular weight is 235 g/mol. The first kappa shape index (κ1) is 10.7. The molecule has 13 heavy (non-hydrogen) atoms. The first-order valence-corrected chi connectivity index (χ1v) is 4.80. The van der Waals surface area contributed by atoms with E-state index in [1.807, 2.05) is 6.07 Å². The molecule has 0 amide bonds. The summed E-state index contributed by atoms with van der Waals surface area (Å²) < 4.78 is 0. The highest BCUT2D eigenvalue weighted by Gasteiger charge is 2.07. The normalized spacial score (nSPS) is 12.2. The molecule has 0 aliphatic rings. The largest absolute Gasteiger partial charge is 0.197 e. The fourth-order valence-corrected chi connectivity index (χ4v) is 1.58. The maximum absolute atomic E-state index is 8.49. The Balaban J connectivity index is 2.85. The van der Waals surface area contributed by atoms with E-state index in [0.29, 0.717) is 16.5 Å². The summed E-state index contributed by atoms with van der Waals surface area (Å²) in [6, 6.07) is 7.07. The van der Waals surface area contributed by atoms with E-state index in [-0.39, 0.29) is 0 Å². The van der Waals surface area contributed by atoms with Crippen LogP contribution in [0.25, 0.3) is 0 Å². The molecule has 0 saturated heterocycles. The highest BCUT2D eigenvalue weighted by atomic mass is 35.5. The molecule has 0 N–H and O–H groups in total. The monoisotopic (exact) mass is 233 g/mol. The summed E-state index contributed by atoms with van der Waals surface area (Å²) in [6.07, 6.45) is 0.439. The average Bonchev–Trinajstić information content (AvgIpc) is 2.09. The Morgan fingerprint density at radius 1 is 1.38 bits per heavy atom. The third-order valence-corrected chi connectivity index (χ3v) is 2.39. The molecule has 0 unspecified atom stereocenters. The molecule has 1 nitrogen and oxygen atoms in total. The van der Waals surface area contributed by atoms with E-state index in [2.05, 4.69) is 0 Å². The van der Waals surface area contributed by atoms with Gasteiger partial charge in [0.05, 0.1) is 6.07 Å². The third-order valence-electron chi connectivity index (χ3n) is 1.55. The lowest BCUT2D eigenvalue weighted by Gasteiger charge is -2.04. The molecular weight excluding hydrogens is 228 g/mol. The topological polar surface area (TPSA) is 23.8 Å². The number of benzene rings is 1. The van der Waals surface area contributed by atoms with Gasteiger partial charge < -0.3 is 0 Å². The highest BCUT2D eigenvalue weighted by Crippen LogP contribution is 2.22. The van der Waals surface area contributed by atoms with Gasteiger partial charge in [-0.25, -0.2) is 0 Å². The molecule has 0 radical (unpaired) electrons. The smallest absolute Gasteiger partial charge is 0.124 e. The molecule has 4 heteroatoms. The van der Waals surface area contributed by atoms with Crippen LogP contribution in [-0.2, 0) is 6.42 Å². The Hall–Kier alpha value is -0.420. The van der Waals surface area contributed by atoms with Crippen molar-refractivity contribution in [1.29, 1.82) is 5.26 Å². The van der Waals surface area contributed by atoms with Crippen molar-refractivity contribution in [1.82, 2.24) is 0 Å². The van der Waals surface area contributed by atoms with Crippen LogP contribution in [0.15, 0.2) is 18.2 Å². The standard InChI is InChI=1S/C9H6Cl3N/c10-7-2-1-6(9(12)4-7)3-8(11)5-13/h1-2,4,8H,3H2/t8-/m0/s1. The van der Waals surface area contributed by atoms with Gasteiger partial charge in [0.15, 0.2) is 0 Å². The Kier molecular flexibility index (Phi) is 3.87. The lowest BCUT2D eigenvalue weighted by atomic mass is 10.1. The zero-order chi connectivity index (χ0) is 9.84. The molecule has 1 aromatic carbocycles. The van der Waals surface area contributed by atoms with E-state index < -0.39 is 5.38 Å². The Morgan fingerprint density at radius 2 is 2.08 bits per heavy atom. The molecule has 1 aromatic rings. The van der Waals surface area contributed by atoms with E-state index in [0.717, 1.165) is 5.56 Å². The summed E-state index contributed by atoms with van der Waals surface area (Å²) in [5, 5.41) is 9.08. The first-order chi connectivity index (χ1) is 6.13. The van der Waals surface area contributed by atoms with E-state index in [1.54, 1.807) is 18.2 Å². The van der Waals surface area contributed by atoms with E-state index in [1.165, 1.54) is 0 Å². The minimum atomic E-state index is -0.543. The number of hydrogen-bond acceptors (Lipinski definition) is 1. The molecule has 1 rings (SSSR count). The summed E-state index contributed by atoms with van der Waals surface area (Å²) in [5.74, 6) is 0. The molecule has 0 heterocycles. The van der Waals surface area contributed by atoms with Gasteiger partial charge in [0.1, 0.15) is 5.38 Å². The predicted molar refractivity (Wildman–Crippen MR) is 55.4 cm³/mol. The van der Waals surface area contributed by atoms with E-state index in [4.69, 9.17) is 40.1 Å². The lowest BCUT2D eigenvalue weighted by molar-refractivity contribution is 1.02. The summed E-state index contributed by atoms with van der Waals surface area (Å²) in [4.78, 5) is 0. The highest BCUT2D eigenvalue weighted by molar-refractivity contribution is 6.35. The van der Waals surface area contributed by atoms with Crippen molar-refractivity contribution in [2.24, 2.45) is 0 Å². The quantitative estimate of drug-likeness (QED) is 0.716. The van der Waals surface area contributed by atoms with Crippen molar-refractivity contribution in [3.8, 4) is 6.07 Å². The fourth-order valence-electron chi connectivity index (χ4n) is 0.926. The molecule has 0 fully saturated rings. The van der Waals surface area contributed by atoms with E-state index >= 15 is 0 Å². The molecule has 0 saturated carbocycles. The molecule has 0 aromatic heterocycles. The van der Waals surface area contributed by atoms with Crippen LogP contribution in [0.5, 0.6) is 0 Å². The van der Waals surface area contributed by atoms with Gasteiger partial charge >= 0.3 is 0 Å². The van der Waals surface area contributed by atoms with Gasteiger partial charge in [-0.3, -0.25) is 0 Å². The molecular formula is C9H6Cl3N. The van der Waals surface area contributed by atoms with Gasteiger partial charge in [0, 0.05) is 16.5 Å². The summed E-state index contributed by atoms with van der Waals surface area (Å²) in [5.41, 5.74) is 0.840. The van der Waals surface area contributed by atoms with Crippen molar-refractivity contribution in [2.75, 3.05) is 0 Å². The maximum Gasteiger partial charge on any atom is 0.124 e. The van der Waals surface area contributed by atoms with Crippen LogP contribution in [0.3, 0.4) is 0 Å². The van der Waals surface area contributed by atoms with Crippen LogP contribution < -0.4 is 0 Å². The number of hydrogen-bond donors (Lipinski definition) is 0. The summed E-state index contributed by atoms with van der Waals surface area (Å²) in [7, 11) is 0. The van der Waals surface area contributed by atoms with Gasteiger partial charge in [-0.2, -0.15) is 5.26 Å². The molecule has 1 atom stereocenters. The Bertz CT molecular complexity index is 343. The van der Waals surface area contributed by atoms with Crippen molar-refractivity contribution >= 4 is 34.8 Å². The van der Waals surface area contributed by atoms with Gasteiger partial charge in [0.25, 0.3) is 0 Å². The summed E-state index contributed by atoms with van der Waals surface area (Å²) in [6.45, 7) is 0. The first-order valence-electron chi connectivity index (χ1n) is 3.61. The van der Waals surface area contributed by atoms with Crippen molar-refractivity contribution in [2.45, 2.75) is 11.8 Å². The van der Waals surface area contributed by atoms with Gasteiger partial charge in [-0.15, -0.1) is 11.6 Å². The fraction of sp³-hybridized carbons (Fsp3) is 0.222. The number of alkyl halides is 1. The minimum absolute atomic E-state index is 0.439. The predicted octanol–water partition coefficient (Wildman–Crippen LogP) is 3.67. The Labute approximate surface area is 91.8 Å². The van der Waals surface area contributed by atoms with Gasteiger partial charge in [-0.1, -0.05) is 29.3 Å². The number of nitriles is 1. The van der Waals surface area contributed by atoms with Crippen LogP contribution in [0.4, 0.5) is 0 Å². The van der Waals surface area contributed by atoms with Gasteiger partial charge in [0.2, 0.25) is 0 Å². The van der Waals surface area contributed by atoms with Crippen molar-refractivity contribution in [3.05, 3.63) is 33.8 Å². The second-order valence-corrected chi connectivity index (χ2v) is 3.91. The minimum Gasteiger partial charge on any atom is -0.197 e. The number of nitrogens with zero attached hydrogens (tertiary/aromatic N) is 1. The summed E-state index contributed by atoms with van der Waals surface area (Å²) >= 11 is 17.2. The van der Waals surface area contributed by atoms with Crippen LogP contribution in [0.2, 0.25) is 10.0 Å². The molecule has 68 valence electrons. The molecule has 0 aliphatic heterocycles. The zero-order valence-electron chi connectivity index (χ0n) is 6.60. The molecule has 0 spiro atoms. The molecule has 0 aliphatic carbocycles. The van der Waals surface area contributed by atoms with Crippen molar-refractivity contribution in [3.63, 3.8) is 0 Å². The number of halogens is 3. The lowest BCUT2D eigenvalue weighted by Crippen LogP contribution is -1.99. The maximum atomic E-state index is 8.49. The Morgan fingerprint density at radius 3 is 2.62 bits per heavy atom. The van der Waals surface area contributed by atoms with Crippen LogP contribution in [-0.4, -0.2) is 5.38 Å². The number of rotatable bonds is 2. The van der Waals surface area contributed by atoms with Crippen LogP contribution in [0.1, 0.15) is 5.56 Å². The van der Waals surface area contributed by atoms with Gasteiger partial charge in [-0.05, 0) is 17.7 Å². The second-order valence-electron chi connectivity index (χ2n) is 2.54.